The summed E-state index contributed by atoms with van der Waals surface area (Å²) < 4.78 is 11.4. The Labute approximate surface area is 172 Å². The van der Waals surface area contributed by atoms with E-state index in [1.807, 2.05) is 53.1 Å². The van der Waals surface area contributed by atoms with E-state index in [0.29, 0.717) is 23.7 Å². The Kier molecular flexibility index (Phi) is 5.17. The molecule has 2 N–H and O–H groups in total. The summed E-state index contributed by atoms with van der Waals surface area (Å²) in [7, 11) is 1.53. The molecule has 1 aliphatic rings. The second kappa shape index (κ2) is 8.08. The number of urea groups is 1. The summed E-state index contributed by atoms with van der Waals surface area (Å²) in [5.41, 5.74) is 1.40. The zero-order chi connectivity index (χ0) is 21.1. The molecule has 30 heavy (non-hydrogen) atoms. The van der Waals surface area contributed by atoms with Crippen molar-refractivity contribution >= 4 is 34.7 Å². The van der Waals surface area contributed by atoms with Gasteiger partial charge in [0.2, 0.25) is 0 Å². The summed E-state index contributed by atoms with van der Waals surface area (Å²) in [5, 5.41) is 6.31. The van der Waals surface area contributed by atoms with Gasteiger partial charge in [0.15, 0.2) is 11.5 Å². The molecule has 0 saturated carbocycles. The number of nitrogens with one attached hydrogen (secondary N) is 2. The molecule has 1 heterocycles. The highest BCUT2D eigenvalue weighted by Gasteiger charge is 2.27. The minimum absolute atomic E-state index is 0.167. The molecule has 1 saturated heterocycles. The second-order valence-electron chi connectivity index (χ2n) is 6.63. The van der Waals surface area contributed by atoms with E-state index in [2.05, 4.69) is 0 Å². The number of hydrogen-bond donors (Lipinski definition) is 2. The molecular weight excluding hydrogens is 384 g/mol. The van der Waals surface area contributed by atoms with Gasteiger partial charge in [-0.2, -0.15) is 0 Å². The monoisotopic (exact) mass is 402 g/mol. The maximum Gasteiger partial charge on any atom is 0.328 e. The number of benzene rings is 3. The lowest BCUT2D eigenvalue weighted by molar-refractivity contribution is -0.123. The number of fused-ring (bicyclic) bond motifs is 1. The van der Waals surface area contributed by atoms with Gasteiger partial charge in [-0.05, 0) is 40.1 Å². The molecule has 0 radical (unpaired) electrons. The summed E-state index contributed by atoms with van der Waals surface area (Å²) in [6, 6.07) is 18.3. The molecule has 0 atom stereocenters. The largest absolute Gasteiger partial charge is 0.493 e. The van der Waals surface area contributed by atoms with Crippen molar-refractivity contribution in [2.75, 3.05) is 7.11 Å². The molecule has 0 unspecified atom stereocenters. The maximum absolute atomic E-state index is 11.9. The lowest BCUT2D eigenvalue weighted by Crippen LogP contribution is -2.51. The number of amides is 4. The van der Waals surface area contributed by atoms with Crippen LogP contribution in [0.1, 0.15) is 11.1 Å². The van der Waals surface area contributed by atoms with Gasteiger partial charge in [-0.15, -0.1) is 0 Å². The quantitative estimate of drug-likeness (QED) is 0.505. The van der Waals surface area contributed by atoms with Crippen molar-refractivity contribution in [2.24, 2.45) is 0 Å². The van der Waals surface area contributed by atoms with Crippen molar-refractivity contribution in [1.29, 1.82) is 0 Å². The number of carbonyl (C=O) groups excluding carboxylic acids is 3. The van der Waals surface area contributed by atoms with Gasteiger partial charge in [0.05, 0.1) is 7.11 Å². The third-order valence-electron chi connectivity index (χ3n) is 4.71. The molecule has 0 bridgehead atoms. The first-order chi connectivity index (χ1) is 14.5. The smallest absolute Gasteiger partial charge is 0.328 e. The molecule has 0 aromatic heterocycles. The fraction of sp³-hybridized carbons (Fsp3) is 0.0870. The van der Waals surface area contributed by atoms with Crippen LogP contribution >= 0.6 is 0 Å². The van der Waals surface area contributed by atoms with Gasteiger partial charge in [-0.25, -0.2) is 4.79 Å². The lowest BCUT2D eigenvalue weighted by Gasteiger charge is -2.15. The summed E-state index contributed by atoms with van der Waals surface area (Å²) in [5.74, 6) is -0.520. The molecule has 3 aromatic rings. The average molecular weight is 402 g/mol. The van der Waals surface area contributed by atoms with Crippen LogP contribution in [-0.4, -0.2) is 25.0 Å². The molecule has 1 aliphatic heterocycles. The van der Waals surface area contributed by atoms with Gasteiger partial charge in [-0.3, -0.25) is 20.2 Å². The van der Waals surface area contributed by atoms with Crippen LogP contribution in [0.2, 0.25) is 0 Å². The third-order valence-corrected chi connectivity index (χ3v) is 4.71. The summed E-state index contributed by atoms with van der Waals surface area (Å²) in [6.45, 7) is 0.313. The Bertz CT molecular complexity index is 1170. The zero-order valence-electron chi connectivity index (χ0n) is 16.1. The Morgan fingerprint density at radius 1 is 0.867 bits per heavy atom. The van der Waals surface area contributed by atoms with E-state index in [1.54, 1.807) is 18.2 Å². The van der Waals surface area contributed by atoms with Crippen molar-refractivity contribution in [2.45, 2.75) is 6.61 Å². The molecule has 0 spiro atoms. The van der Waals surface area contributed by atoms with Gasteiger partial charge in [0.25, 0.3) is 11.8 Å². The van der Waals surface area contributed by atoms with Crippen molar-refractivity contribution in [3.63, 3.8) is 0 Å². The summed E-state index contributed by atoms with van der Waals surface area (Å²) >= 11 is 0. The number of barbiturate groups is 1. The van der Waals surface area contributed by atoms with Crippen LogP contribution < -0.4 is 20.1 Å². The first kappa shape index (κ1) is 19.2. The fourth-order valence-corrected chi connectivity index (χ4v) is 3.24. The van der Waals surface area contributed by atoms with E-state index in [-0.39, 0.29) is 5.57 Å². The molecule has 4 amide bonds. The Hall–Kier alpha value is -4.13. The van der Waals surface area contributed by atoms with Crippen LogP contribution in [0.25, 0.3) is 16.8 Å². The molecular formula is C23H18N2O5. The summed E-state index contributed by atoms with van der Waals surface area (Å²) in [4.78, 5) is 35.1. The van der Waals surface area contributed by atoms with E-state index >= 15 is 0 Å². The Morgan fingerprint density at radius 3 is 2.37 bits per heavy atom. The van der Waals surface area contributed by atoms with Crippen molar-refractivity contribution < 1.29 is 23.9 Å². The van der Waals surface area contributed by atoms with Crippen LogP contribution in [0.5, 0.6) is 11.5 Å². The highest BCUT2D eigenvalue weighted by molar-refractivity contribution is 6.31. The maximum atomic E-state index is 11.9. The number of rotatable bonds is 5. The first-order valence-electron chi connectivity index (χ1n) is 9.21. The highest BCUT2D eigenvalue weighted by atomic mass is 16.5. The second-order valence-corrected chi connectivity index (χ2v) is 6.63. The van der Waals surface area contributed by atoms with Crippen LogP contribution in [-0.2, 0) is 16.2 Å². The third kappa shape index (κ3) is 3.86. The van der Waals surface area contributed by atoms with E-state index < -0.39 is 17.8 Å². The number of ether oxygens (including phenoxy) is 2. The average Bonchev–Trinajstić information content (AvgIpc) is 2.74. The number of carbonyl (C=O) groups is 3. The first-order valence-corrected chi connectivity index (χ1v) is 9.21. The molecule has 1 fully saturated rings. The predicted molar refractivity (Wildman–Crippen MR) is 111 cm³/mol. The van der Waals surface area contributed by atoms with E-state index in [1.165, 1.54) is 13.2 Å². The van der Waals surface area contributed by atoms with Crippen LogP contribution in [0, 0.1) is 0 Å². The zero-order valence-corrected chi connectivity index (χ0v) is 16.1. The Balaban J connectivity index is 1.62. The molecule has 150 valence electrons. The number of imide groups is 2. The Morgan fingerprint density at radius 2 is 1.60 bits per heavy atom. The predicted octanol–water partition coefficient (Wildman–Crippen LogP) is 3.18. The molecule has 4 rings (SSSR count). The standard InChI is InChI=1S/C23H18N2O5/c1-29-19-10-9-14(11-18-21(26)24-23(28)25-22(18)27)12-20(19)30-13-16-7-4-6-15-5-2-3-8-17(15)16/h2-12H,13H2,1H3,(H2,24,25,26,27,28). The summed E-state index contributed by atoms with van der Waals surface area (Å²) in [6.07, 6.45) is 1.39. The normalized spacial score (nSPS) is 13.6. The molecule has 7 nitrogen and oxygen atoms in total. The van der Waals surface area contributed by atoms with Crippen molar-refractivity contribution in [3.05, 3.63) is 77.4 Å². The molecule has 0 aliphatic carbocycles. The molecule has 3 aromatic carbocycles. The van der Waals surface area contributed by atoms with Crippen LogP contribution in [0.3, 0.4) is 0 Å². The highest BCUT2D eigenvalue weighted by Crippen LogP contribution is 2.30. The SMILES string of the molecule is COc1ccc(C=C2C(=O)NC(=O)NC2=O)cc1OCc1cccc2ccccc12. The van der Waals surface area contributed by atoms with Crippen LogP contribution in [0.4, 0.5) is 4.79 Å². The van der Waals surface area contributed by atoms with E-state index in [0.717, 1.165) is 16.3 Å². The van der Waals surface area contributed by atoms with Gasteiger partial charge in [0, 0.05) is 0 Å². The molecule has 7 heteroatoms. The van der Waals surface area contributed by atoms with E-state index in [9.17, 15) is 14.4 Å². The number of methoxy groups -OCH3 is 1. The fourth-order valence-electron chi connectivity index (χ4n) is 3.24. The van der Waals surface area contributed by atoms with E-state index in [4.69, 9.17) is 9.47 Å². The van der Waals surface area contributed by atoms with Crippen LogP contribution in [0.15, 0.2) is 66.2 Å². The minimum Gasteiger partial charge on any atom is -0.493 e. The van der Waals surface area contributed by atoms with Gasteiger partial charge in [0.1, 0.15) is 12.2 Å². The van der Waals surface area contributed by atoms with Crippen molar-refractivity contribution in [1.82, 2.24) is 10.6 Å². The topological polar surface area (TPSA) is 93.7 Å². The number of hydrogen-bond acceptors (Lipinski definition) is 5. The lowest BCUT2D eigenvalue weighted by atomic mass is 10.1. The van der Waals surface area contributed by atoms with Gasteiger partial charge in [-0.1, -0.05) is 48.5 Å². The van der Waals surface area contributed by atoms with Gasteiger partial charge < -0.3 is 9.47 Å². The van der Waals surface area contributed by atoms with Crippen molar-refractivity contribution in [3.8, 4) is 11.5 Å². The minimum atomic E-state index is -0.837. The van der Waals surface area contributed by atoms with Gasteiger partial charge >= 0.3 is 6.03 Å².